The largest absolute Gasteiger partial charge is 0.383 e. The maximum Gasteiger partial charge on any atom is 0.277 e. The molecular weight excluding hydrogens is 375 g/mol. The Kier molecular flexibility index (Phi) is 5.75. The van der Waals surface area contributed by atoms with Crippen molar-refractivity contribution in [1.29, 1.82) is 0 Å². The number of nitrogens with one attached hydrogen (secondary N) is 1. The van der Waals surface area contributed by atoms with Gasteiger partial charge in [0.05, 0.1) is 15.5 Å². The molecular formula is C18H16Cl2N4O2. The van der Waals surface area contributed by atoms with Gasteiger partial charge in [-0.1, -0.05) is 29.3 Å². The molecule has 2 aromatic carbocycles. The minimum absolute atomic E-state index is 0.00641. The highest BCUT2D eigenvalue weighted by molar-refractivity contribution is 6.36. The number of halogens is 2. The first kappa shape index (κ1) is 18.2. The van der Waals surface area contributed by atoms with Crippen LogP contribution in [-0.4, -0.2) is 35.8 Å². The summed E-state index contributed by atoms with van der Waals surface area (Å²) in [5.41, 5.74) is 1.79. The van der Waals surface area contributed by atoms with Crippen LogP contribution in [0.4, 0.5) is 11.4 Å². The zero-order valence-corrected chi connectivity index (χ0v) is 15.2. The van der Waals surface area contributed by atoms with Gasteiger partial charge in [0.15, 0.2) is 0 Å². The van der Waals surface area contributed by atoms with Crippen LogP contribution in [0.1, 0.15) is 0 Å². The van der Waals surface area contributed by atoms with Crippen LogP contribution in [0.5, 0.6) is 0 Å². The van der Waals surface area contributed by atoms with Gasteiger partial charge in [-0.2, -0.15) is 0 Å². The quantitative estimate of drug-likeness (QED) is 0.565. The molecule has 6 nitrogen and oxygen atoms in total. The number of rotatable bonds is 6. The number of benzene rings is 2. The SMILES string of the molecule is O=[N+]([O-])c1ccc(NCCN2C=CC=NC2)cc1-c1ccc(Cl)cc1Cl. The fourth-order valence-corrected chi connectivity index (χ4v) is 3.15. The van der Waals surface area contributed by atoms with E-state index in [1.807, 2.05) is 12.3 Å². The van der Waals surface area contributed by atoms with Crippen LogP contribution in [0.25, 0.3) is 11.1 Å². The Morgan fingerprint density at radius 2 is 2.04 bits per heavy atom. The van der Waals surface area contributed by atoms with Gasteiger partial charge in [0, 0.05) is 47.8 Å². The van der Waals surface area contributed by atoms with Gasteiger partial charge in [-0.05, 0) is 30.3 Å². The average molecular weight is 391 g/mol. The minimum atomic E-state index is -0.416. The molecule has 0 aromatic heterocycles. The Labute approximate surface area is 160 Å². The summed E-state index contributed by atoms with van der Waals surface area (Å²) in [6.45, 7) is 2.07. The van der Waals surface area contributed by atoms with Crippen LogP contribution in [0, 0.1) is 10.1 Å². The van der Waals surface area contributed by atoms with E-state index in [0.29, 0.717) is 34.4 Å². The molecule has 0 amide bonds. The maximum atomic E-state index is 11.4. The third kappa shape index (κ3) is 4.33. The number of hydrogen-bond acceptors (Lipinski definition) is 5. The van der Waals surface area contributed by atoms with Crippen LogP contribution >= 0.6 is 23.2 Å². The Bertz CT molecular complexity index is 883. The Balaban J connectivity index is 1.81. The molecule has 0 saturated heterocycles. The summed E-state index contributed by atoms with van der Waals surface area (Å²) in [6, 6.07) is 9.83. The van der Waals surface area contributed by atoms with E-state index in [1.165, 1.54) is 6.07 Å². The van der Waals surface area contributed by atoms with Gasteiger partial charge in [0.2, 0.25) is 0 Å². The van der Waals surface area contributed by atoms with Gasteiger partial charge in [-0.15, -0.1) is 0 Å². The lowest BCUT2D eigenvalue weighted by Crippen LogP contribution is -2.25. The third-order valence-electron chi connectivity index (χ3n) is 3.89. The number of nitro groups is 1. The summed E-state index contributed by atoms with van der Waals surface area (Å²) in [6.07, 6.45) is 5.63. The molecule has 8 heteroatoms. The highest BCUT2D eigenvalue weighted by Crippen LogP contribution is 2.37. The van der Waals surface area contributed by atoms with E-state index in [2.05, 4.69) is 15.2 Å². The third-order valence-corrected chi connectivity index (χ3v) is 4.44. The number of aliphatic imine (C=N–C) groups is 1. The second-order valence-corrected chi connectivity index (χ2v) is 6.51. The number of nitro benzene ring substituents is 1. The van der Waals surface area contributed by atoms with Crippen LogP contribution in [-0.2, 0) is 0 Å². The van der Waals surface area contributed by atoms with Crippen molar-refractivity contribution in [2.75, 3.05) is 25.1 Å². The molecule has 0 saturated carbocycles. The molecule has 1 heterocycles. The summed E-state index contributed by atoms with van der Waals surface area (Å²) in [5.74, 6) is 0. The molecule has 1 aliphatic heterocycles. The van der Waals surface area contributed by atoms with Gasteiger partial charge >= 0.3 is 0 Å². The first-order valence-corrected chi connectivity index (χ1v) is 8.68. The molecule has 1 aliphatic rings. The first-order chi connectivity index (χ1) is 12.5. The van der Waals surface area contributed by atoms with E-state index in [4.69, 9.17) is 23.2 Å². The van der Waals surface area contributed by atoms with Gasteiger partial charge in [0.25, 0.3) is 5.69 Å². The molecule has 1 N–H and O–H groups in total. The highest BCUT2D eigenvalue weighted by Gasteiger charge is 2.18. The number of hydrogen-bond donors (Lipinski definition) is 1. The van der Waals surface area contributed by atoms with Crippen molar-refractivity contribution in [2.45, 2.75) is 0 Å². The van der Waals surface area contributed by atoms with Gasteiger partial charge in [-0.25, -0.2) is 0 Å². The summed E-state index contributed by atoms with van der Waals surface area (Å²) in [7, 11) is 0. The fraction of sp³-hybridized carbons (Fsp3) is 0.167. The standard InChI is InChI=1S/C18H16Cl2N4O2/c19-13-2-4-15(17(20)10-13)16-11-14(3-5-18(16)24(25)26)22-7-9-23-8-1-6-21-12-23/h1-6,8,10-11,22H,7,9,12H2. The van der Waals surface area contributed by atoms with Crippen LogP contribution in [0.15, 0.2) is 53.7 Å². The van der Waals surface area contributed by atoms with E-state index in [-0.39, 0.29) is 5.69 Å². The summed E-state index contributed by atoms with van der Waals surface area (Å²) in [5, 5.41) is 15.5. The van der Waals surface area contributed by atoms with Crippen molar-refractivity contribution in [2.24, 2.45) is 4.99 Å². The average Bonchev–Trinajstić information content (AvgIpc) is 2.62. The van der Waals surface area contributed by atoms with Crippen LogP contribution in [0.3, 0.4) is 0 Å². The molecule has 2 aromatic rings. The second kappa shape index (κ2) is 8.21. The first-order valence-electron chi connectivity index (χ1n) is 7.93. The lowest BCUT2D eigenvalue weighted by Gasteiger charge is -2.20. The molecule has 0 aliphatic carbocycles. The summed E-state index contributed by atoms with van der Waals surface area (Å²) >= 11 is 12.2. The van der Waals surface area contributed by atoms with Crippen LogP contribution < -0.4 is 5.32 Å². The second-order valence-electron chi connectivity index (χ2n) is 5.67. The maximum absolute atomic E-state index is 11.4. The Morgan fingerprint density at radius 1 is 1.19 bits per heavy atom. The smallest absolute Gasteiger partial charge is 0.277 e. The van der Waals surface area contributed by atoms with Gasteiger partial charge < -0.3 is 10.2 Å². The van der Waals surface area contributed by atoms with Crippen molar-refractivity contribution >= 4 is 40.8 Å². The van der Waals surface area contributed by atoms with Gasteiger partial charge in [0.1, 0.15) is 6.67 Å². The van der Waals surface area contributed by atoms with Crippen molar-refractivity contribution in [3.05, 3.63) is 68.8 Å². The normalized spacial score (nSPS) is 13.1. The van der Waals surface area contributed by atoms with Gasteiger partial charge in [-0.3, -0.25) is 15.1 Å². The lowest BCUT2D eigenvalue weighted by atomic mass is 10.0. The number of allylic oxidation sites excluding steroid dienone is 1. The Hall–Kier alpha value is -2.57. The van der Waals surface area contributed by atoms with Crippen molar-refractivity contribution in [1.82, 2.24) is 4.90 Å². The van der Waals surface area contributed by atoms with Crippen molar-refractivity contribution < 1.29 is 4.92 Å². The summed E-state index contributed by atoms with van der Waals surface area (Å²) < 4.78 is 0. The molecule has 0 fully saturated rings. The van der Waals surface area contributed by atoms with E-state index >= 15 is 0 Å². The predicted octanol–water partition coefficient (Wildman–Crippen LogP) is 4.84. The molecule has 0 radical (unpaired) electrons. The van der Waals surface area contributed by atoms with E-state index in [1.54, 1.807) is 36.5 Å². The zero-order chi connectivity index (χ0) is 18.5. The van der Waals surface area contributed by atoms with Crippen LogP contribution in [0.2, 0.25) is 10.0 Å². The zero-order valence-electron chi connectivity index (χ0n) is 13.7. The molecule has 0 unspecified atom stereocenters. The van der Waals surface area contributed by atoms with E-state index in [9.17, 15) is 10.1 Å². The molecule has 26 heavy (non-hydrogen) atoms. The fourth-order valence-electron chi connectivity index (χ4n) is 2.64. The number of nitrogens with zero attached hydrogens (tertiary/aromatic N) is 3. The molecule has 3 rings (SSSR count). The highest BCUT2D eigenvalue weighted by atomic mass is 35.5. The molecule has 134 valence electrons. The molecule has 0 spiro atoms. The molecule has 0 bridgehead atoms. The van der Waals surface area contributed by atoms with E-state index in [0.717, 1.165) is 12.2 Å². The predicted molar refractivity (Wildman–Crippen MR) is 106 cm³/mol. The topological polar surface area (TPSA) is 70.8 Å². The number of anilines is 1. The lowest BCUT2D eigenvalue weighted by molar-refractivity contribution is -0.384. The monoisotopic (exact) mass is 390 g/mol. The summed E-state index contributed by atoms with van der Waals surface area (Å²) in [4.78, 5) is 17.2. The van der Waals surface area contributed by atoms with Crippen molar-refractivity contribution in [3.8, 4) is 11.1 Å². The van der Waals surface area contributed by atoms with E-state index < -0.39 is 4.92 Å². The minimum Gasteiger partial charge on any atom is -0.383 e. The molecule has 0 atom stereocenters. The Morgan fingerprint density at radius 3 is 2.73 bits per heavy atom. The van der Waals surface area contributed by atoms with Crippen molar-refractivity contribution in [3.63, 3.8) is 0 Å².